The number of hydrogen-bond acceptors (Lipinski definition) is 3. The molecule has 0 bridgehead atoms. The lowest BCUT2D eigenvalue weighted by molar-refractivity contribution is 0.356. The third-order valence-electron chi connectivity index (χ3n) is 3.14. The molecular weight excluding hydrogens is 226 g/mol. The van der Waals surface area contributed by atoms with Crippen molar-refractivity contribution in [3.63, 3.8) is 0 Å². The van der Waals surface area contributed by atoms with E-state index < -0.39 is 0 Å². The molecule has 0 N–H and O–H groups in total. The summed E-state index contributed by atoms with van der Waals surface area (Å²) in [5.74, 6) is 1.49. The van der Waals surface area contributed by atoms with Crippen molar-refractivity contribution in [1.82, 2.24) is 4.98 Å². The smallest absolute Gasteiger partial charge is 0.161 e. The van der Waals surface area contributed by atoms with Crippen molar-refractivity contribution in [1.29, 1.82) is 0 Å². The van der Waals surface area contributed by atoms with Gasteiger partial charge in [-0.1, -0.05) is 12.1 Å². The second-order valence-electron chi connectivity index (χ2n) is 4.09. The molecule has 1 aromatic heterocycles. The Hall–Kier alpha value is -2.29. The molecular formula is C15H13NO2. The first kappa shape index (κ1) is 10.8. The maximum atomic E-state index is 5.35. The molecule has 0 amide bonds. The Bertz CT molecular complexity index is 722. The number of methoxy groups -OCH3 is 2. The molecule has 0 saturated heterocycles. The maximum Gasteiger partial charge on any atom is 0.161 e. The summed E-state index contributed by atoms with van der Waals surface area (Å²) < 4.78 is 10.7. The Labute approximate surface area is 105 Å². The van der Waals surface area contributed by atoms with Crippen molar-refractivity contribution in [2.24, 2.45) is 0 Å². The summed E-state index contributed by atoms with van der Waals surface area (Å²) in [5.41, 5.74) is 0. The van der Waals surface area contributed by atoms with E-state index in [0.717, 1.165) is 27.7 Å². The van der Waals surface area contributed by atoms with Crippen molar-refractivity contribution in [3.05, 3.63) is 42.7 Å². The highest BCUT2D eigenvalue weighted by atomic mass is 16.5. The van der Waals surface area contributed by atoms with Gasteiger partial charge in [-0.25, -0.2) is 0 Å². The van der Waals surface area contributed by atoms with Gasteiger partial charge < -0.3 is 9.47 Å². The fourth-order valence-electron chi connectivity index (χ4n) is 2.23. The minimum Gasteiger partial charge on any atom is -0.493 e. The van der Waals surface area contributed by atoms with Gasteiger partial charge in [0.15, 0.2) is 11.5 Å². The lowest BCUT2D eigenvalue weighted by atomic mass is 10.0. The summed E-state index contributed by atoms with van der Waals surface area (Å²) in [6.07, 6.45) is 3.67. The summed E-state index contributed by atoms with van der Waals surface area (Å²) in [6, 6.07) is 10.2. The number of benzene rings is 2. The van der Waals surface area contributed by atoms with Crippen molar-refractivity contribution < 1.29 is 9.47 Å². The molecule has 0 fully saturated rings. The molecule has 0 aliphatic rings. The van der Waals surface area contributed by atoms with E-state index in [-0.39, 0.29) is 0 Å². The van der Waals surface area contributed by atoms with Crippen molar-refractivity contribution in [2.45, 2.75) is 0 Å². The van der Waals surface area contributed by atoms with E-state index in [1.165, 1.54) is 5.39 Å². The summed E-state index contributed by atoms with van der Waals surface area (Å²) in [4.78, 5) is 4.14. The minimum absolute atomic E-state index is 0.745. The monoisotopic (exact) mass is 239 g/mol. The average molecular weight is 239 g/mol. The van der Waals surface area contributed by atoms with E-state index in [1.807, 2.05) is 24.4 Å². The standard InChI is InChI=1S/C15H13NO2/c1-17-14-7-10-3-4-11-9-16-6-5-12(11)13(10)8-15(14)18-2/h3-9H,1-2H3. The molecule has 3 aromatic rings. The van der Waals surface area contributed by atoms with Crippen molar-refractivity contribution in [3.8, 4) is 11.5 Å². The van der Waals surface area contributed by atoms with Crippen LogP contribution in [-0.2, 0) is 0 Å². The topological polar surface area (TPSA) is 31.4 Å². The van der Waals surface area contributed by atoms with Gasteiger partial charge in [-0.05, 0) is 34.4 Å². The highest BCUT2D eigenvalue weighted by Gasteiger charge is 2.08. The fraction of sp³-hybridized carbons (Fsp3) is 0.133. The number of nitrogens with zero attached hydrogens (tertiary/aromatic N) is 1. The molecule has 1 heterocycles. The molecule has 0 saturated carbocycles. The van der Waals surface area contributed by atoms with E-state index in [0.29, 0.717) is 0 Å². The highest BCUT2D eigenvalue weighted by Crippen LogP contribution is 2.35. The van der Waals surface area contributed by atoms with E-state index in [2.05, 4.69) is 17.1 Å². The van der Waals surface area contributed by atoms with Gasteiger partial charge in [0, 0.05) is 17.8 Å². The maximum absolute atomic E-state index is 5.35. The Morgan fingerprint density at radius 1 is 0.833 bits per heavy atom. The van der Waals surface area contributed by atoms with Crippen LogP contribution in [0.5, 0.6) is 11.5 Å². The molecule has 0 aliphatic heterocycles. The van der Waals surface area contributed by atoms with E-state index >= 15 is 0 Å². The van der Waals surface area contributed by atoms with Gasteiger partial charge in [0.2, 0.25) is 0 Å². The first-order chi connectivity index (χ1) is 8.83. The normalized spacial score (nSPS) is 10.8. The Kier molecular flexibility index (Phi) is 2.52. The zero-order valence-corrected chi connectivity index (χ0v) is 10.3. The molecule has 3 heteroatoms. The minimum atomic E-state index is 0.745. The van der Waals surface area contributed by atoms with Crippen LogP contribution in [0.3, 0.4) is 0 Å². The Morgan fingerprint density at radius 3 is 2.33 bits per heavy atom. The number of rotatable bonds is 2. The molecule has 90 valence electrons. The number of aromatic nitrogens is 1. The zero-order chi connectivity index (χ0) is 12.5. The fourth-order valence-corrected chi connectivity index (χ4v) is 2.23. The van der Waals surface area contributed by atoms with Gasteiger partial charge in [0.1, 0.15) is 0 Å². The average Bonchev–Trinajstić information content (AvgIpc) is 2.45. The second kappa shape index (κ2) is 4.18. The van der Waals surface area contributed by atoms with Crippen LogP contribution in [0.2, 0.25) is 0 Å². The highest BCUT2D eigenvalue weighted by molar-refractivity contribution is 6.08. The lowest BCUT2D eigenvalue weighted by Gasteiger charge is -2.10. The Balaban J connectivity index is 2.43. The van der Waals surface area contributed by atoms with E-state index in [4.69, 9.17) is 9.47 Å². The molecule has 0 atom stereocenters. The number of pyridine rings is 1. The van der Waals surface area contributed by atoms with Gasteiger partial charge in [0.05, 0.1) is 14.2 Å². The van der Waals surface area contributed by atoms with Crippen LogP contribution in [0.25, 0.3) is 21.5 Å². The van der Waals surface area contributed by atoms with E-state index in [9.17, 15) is 0 Å². The van der Waals surface area contributed by atoms with Crippen LogP contribution < -0.4 is 9.47 Å². The van der Waals surface area contributed by atoms with Gasteiger partial charge >= 0.3 is 0 Å². The summed E-state index contributed by atoms with van der Waals surface area (Å²) >= 11 is 0. The molecule has 3 nitrogen and oxygen atoms in total. The Morgan fingerprint density at radius 2 is 1.56 bits per heavy atom. The molecule has 0 aliphatic carbocycles. The van der Waals surface area contributed by atoms with Gasteiger partial charge in [-0.3, -0.25) is 4.98 Å². The quantitative estimate of drug-likeness (QED) is 0.642. The largest absolute Gasteiger partial charge is 0.493 e. The van der Waals surface area contributed by atoms with Gasteiger partial charge in [-0.2, -0.15) is 0 Å². The third kappa shape index (κ3) is 1.56. The number of ether oxygens (including phenoxy) is 2. The molecule has 2 aromatic carbocycles. The second-order valence-corrected chi connectivity index (χ2v) is 4.09. The van der Waals surface area contributed by atoms with Crippen LogP contribution in [0.15, 0.2) is 42.7 Å². The lowest BCUT2D eigenvalue weighted by Crippen LogP contribution is -1.91. The molecule has 0 unspecified atom stereocenters. The SMILES string of the molecule is COc1cc2ccc3cnccc3c2cc1OC. The summed E-state index contributed by atoms with van der Waals surface area (Å²) in [6.45, 7) is 0. The van der Waals surface area contributed by atoms with Crippen LogP contribution in [0.1, 0.15) is 0 Å². The van der Waals surface area contributed by atoms with Crippen LogP contribution in [-0.4, -0.2) is 19.2 Å². The first-order valence-electron chi connectivity index (χ1n) is 5.72. The van der Waals surface area contributed by atoms with Gasteiger partial charge in [-0.15, -0.1) is 0 Å². The zero-order valence-electron chi connectivity index (χ0n) is 10.3. The van der Waals surface area contributed by atoms with Crippen LogP contribution >= 0.6 is 0 Å². The molecule has 3 rings (SSSR count). The van der Waals surface area contributed by atoms with Gasteiger partial charge in [0.25, 0.3) is 0 Å². The summed E-state index contributed by atoms with van der Waals surface area (Å²) in [5, 5.41) is 4.57. The van der Waals surface area contributed by atoms with E-state index in [1.54, 1.807) is 20.4 Å². The third-order valence-corrected chi connectivity index (χ3v) is 3.14. The molecule has 0 spiro atoms. The van der Waals surface area contributed by atoms with Crippen LogP contribution in [0.4, 0.5) is 0 Å². The predicted molar refractivity (Wildman–Crippen MR) is 72.4 cm³/mol. The summed E-state index contributed by atoms with van der Waals surface area (Å²) in [7, 11) is 3.30. The number of fused-ring (bicyclic) bond motifs is 3. The molecule has 18 heavy (non-hydrogen) atoms. The first-order valence-corrected chi connectivity index (χ1v) is 5.72. The van der Waals surface area contributed by atoms with Crippen molar-refractivity contribution >= 4 is 21.5 Å². The number of hydrogen-bond donors (Lipinski definition) is 0. The van der Waals surface area contributed by atoms with Crippen molar-refractivity contribution in [2.75, 3.05) is 14.2 Å². The predicted octanol–water partition coefficient (Wildman–Crippen LogP) is 3.41. The van der Waals surface area contributed by atoms with Crippen LogP contribution in [0, 0.1) is 0 Å². The molecule has 0 radical (unpaired) electrons.